The van der Waals surface area contributed by atoms with Crippen molar-refractivity contribution in [1.82, 2.24) is 5.32 Å². The topological polar surface area (TPSA) is 55.1 Å². The molecule has 0 saturated heterocycles. The SMILES string of the molecule is CC(CCCN)NC(=O)C1CCc2ccccc2C1. The summed E-state index contributed by atoms with van der Waals surface area (Å²) in [4.78, 5) is 12.2. The summed E-state index contributed by atoms with van der Waals surface area (Å²) in [6.45, 7) is 2.75. The summed E-state index contributed by atoms with van der Waals surface area (Å²) in [6, 6.07) is 8.69. The molecule has 3 heteroatoms. The van der Waals surface area contributed by atoms with Crippen LogP contribution in [0, 0.1) is 5.92 Å². The first-order chi connectivity index (χ1) is 9.20. The fourth-order valence-corrected chi connectivity index (χ4v) is 2.78. The number of amides is 1. The second kappa shape index (κ2) is 6.71. The van der Waals surface area contributed by atoms with Crippen LogP contribution in [-0.2, 0) is 17.6 Å². The van der Waals surface area contributed by atoms with Gasteiger partial charge in [0, 0.05) is 12.0 Å². The Balaban J connectivity index is 1.88. The smallest absolute Gasteiger partial charge is 0.223 e. The number of nitrogens with one attached hydrogen (secondary N) is 1. The number of carbonyl (C=O) groups is 1. The summed E-state index contributed by atoms with van der Waals surface area (Å²) in [7, 11) is 0. The molecule has 0 saturated carbocycles. The van der Waals surface area contributed by atoms with E-state index < -0.39 is 0 Å². The van der Waals surface area contributed by atoms with Gasteiger partial charge in [0.05, 0.1) is 0 Å². The van der Waals surface area contributed by atoms with Gasteiger partial charge in [0.2, 0.25) is 5.91 Å². The third kappa shape index (κ3) is 3.80. The van der Waals surface area contributed by atoms with Gasteiger partial charge >= 0.3 is 0 Å². The molecule has 1 amide bonds. The lowest BCUT2D eigenvalue weighted by Gasteiger charge is -2.25. The van der Waals surface area contributed by atoms with Crippen LogP contribution < -0.4 is 11.1 Å². The molecule has 1 aromatic rings. The molecular formula is C16H24N2O. The number of nitrogens with two attached hydrogens (primary N) is 1. The molecule has 1 aliphatic carbocycles. The first kappa shape index (κ1) is 14.1. The molecule has 0 bridgehead atoms. The Morgan fingerprint density at radius 2 is 2.16 bits per heavy atom. The van der Waals surface area contributed by atoms with Crippen molar-refractivity contribution >= 4 is 5.91 Å². The van der Waals surface area contributed by atoms with Crippen LogP contribution in [0.4, 0.5) is 0 Å². The Morgan fingerprint density at radius 1 is 1.42 bits per heavy atom. The Kier molecular flexibility index (Phi) is 4.97. The maximum Gasteiger partial charge on any atom is 0.223 e. The zero-order valence-corrected chi connectivity index (χ0v) is 11.7. The fraction of sp³-hybridized carbons (Fsp3) is 0.562. The molecule has 0 heterocycles. The molecule has 0 aromatic heterocycles. The Hall–Kier alpha value is -1.35. The van der Waals surface area contributed by atoms with E-state index in [0.29, 0.717) is 6.54 Å². The third-order valence-corrected chi connectivity index (χ3v) is 3.95. The van der Waals surface area contributed by atoms with Gasteiger partial charge in [-0.25, -0.2) is 0 Å². The molecule has 3 nitrogen and oxygen atoms in total. The van der Waals surface area contributed by atoms with Crippen LogP contribution in [0.1, 0.15) is 37.3 Å². The number of aryl methyl sites for hydroxylation is 1. The minimum absolute atomic E-state index is 0.134. The standard InChI is InChI=1S/C16H24N2O/c1-12(5-4-10-17)18-16(19)15-9-8-13-6-2-3-7-14(13)11-15/h2-3,6-7,12,15H,4-5,8-11,17H2,1H3,(H,18,19). The van der Waals surface area contributed by atoms with E-state index in [4.69, 9.17) is 5.73 Å². The van der Waals surface area contributed by atoms with Crippen LogP contribution in [0.2, 0.25) is 0 Å². The van der Waals surface area contributed by atoms with Gasteiger partial charge in [-0.2, -0.15) is 0 Å². The highest BCUT2D eigenvalue weighted by Crippen LogP contribution is 2.25. The van der Waals surface area contributed by atoms with Gasteiger partial charge in [-0.05, 0) is 56.7 Å². The number of rotatable bonds is 5. The van der Waals surface area contributed by atoms with Crippen LogP contribution in [-0.4, -0.2) is 18.5 Å². The lowest BCUT2D eigenvalue weighted by Crippen LogP contribution is -2.39. The molecule has 1 aromatic carbocycles. The monoisotopic (exact) mass is 260 g/mol. The zero-order valence-electron chi connectivity index (χ0n) is 11.7. The van der Waals surface area contributed by atoms with E-state index in [0.717, 1.165) is 32.1 Å². The number of hydrogen-bond acceptors (Lipinski definition) is 2. The van der Waals surface area contributed by atoms with E-state index in [1.807, 2.05) is 0 Å². The van der Waals surface area contributed by atoms with Gasteiger partial charge in [-0.15, -0.1) is 0 Å². The maximum atomic E-state index is 12.2. The maximum absolute atomic E-state index is 12.2. The molecule has 0 fully saturated rings. The minimum Gasteiger partial charge on any atom is -0.353 e. The van der Waals surface area contributed by atoms with E-state index in [-0.39, 0.29) is 17.9 Å². The molecule has 3 N–H and O–H groups in total. The fourth-order valence-electron chi connectivity index (χ4n) is 2.78. The average molecular weight is 260 g/mol. The molecule has 2 rings (SSSR count). The van der Waals surface area contributed by atoms with E-state index in [1.165, 1.54) is 11.1 Å². The molecular weight excluding hydrogens is 236 g/mol. The first-order valence-corrected chi connectivity index (χ1v) is 7.28. The highest BCUT2D eigenvalue weighted by molar-refractivity contribution is 5.79. The second-order valence-corrected chi connectivity index (χ2v) is 5.55. The van der Waals surface area contributed by atoms with Crippen LogP contribution in [0.3, 0.4) is 0 Å². The predicted octanol–water partition coefficient (Wildman–Crippen LogP) is 2.04. The summed E-state index contributed by atoms with van der Waals surface area (Å²) in [5.41, 5.74) is 8.23. The van der Waals surface area contributed by atoms with Crippen LogP contribution >= 0.6 is 0 Å². The van der Waals surface area contributed by atoms with E-state index in [2.05, 4.69) is 36.5 Å². The lowest BCUT2D eigenvalue weighted by atomic mass is 9.83. The van der Waals surface area contributed by atoms with Crippen LogP contribution in [0.5, 0.6) is 0 Å². The summed E-state index contributed by atoms with van der Waals surface area (Å²) >= 11 is 0. The Labute approximate surface area is 115 Å². The molecule has 0 radical (unpaired) electrons. The molecule has 19 heavy (non-hydrogen) atoms. The summed E-state index contributed by atoms with van der Waals surface area (Å²) < 4.78 is 0. The van der Waals surface area contributed by atoms with E-state index in [1.54, 1.807) is 0 Å². The van der Waals surface area contributed by atoms with Crippen molar-refractivity contribution in [3.05, 3.63) is 35.4 Å². The highest BCUT2D eigenvalue weighted by atomic mass is 16.1. The summed E-state index contributed by atoms with van der Waals surface area (Å²) in [5.74, 6) is 0.342. The lowest BCUT2D eigenvalue weighted by molar-refractivity contribution is -0.126. The summed E-state index contributed by atoms with van der Waals surface area (Å²) in [5, 5.41) is 3.12. The molecule has 104 valence electrons. The molecule has 0 aliphatic heterocycles. The van der Waals surface area contributed by atoms with Crippen LogP contribution in [0.25, 0.3) is 0 Å². The second-order valence-electron chi connectivity index (χ2n) is 5.55. The van der Waals surface area contributed by atoms with Gasteiger partial charge in [0.15, 0.2) is 0 Å². The minimum atomic E-state index is 0.134. The largest absolute Gasteiger partial charge is 0.353 e. The van der Waals surface area contributed by atoms with E-state index >= 15 is 0 Å². The van der Waals surface area contributed by atoms with Gasteiger partial charge < -0.3 is 11.1 Å². The molecule has 2 atom stereocenters. The first-order valence-electron chi connectivity index (χ1n) is 7.28. The third-order valence-electron chi connectivity index (χ3n) is 3.95. The predicted molar refractivity (Wildman–Crippen MR) is 77.9 cm³/mol. The van der Waals surface area contributed by atoms with Crippen molar-refractivity contribution < 1.29 is 4.79 Å². The Bertz CT molecular complexity index is 431. The van der Waals surface area contributed by atoms with Gasteiger partial charge in [-0.1, -0.05) is 24.3 Å². The van der Waals surface area contributed by atoms with Crippen molar-refractivity contribution in [3.8, 4) is 0 Å². The number of fused-ring (bicyclic) bond motifs is 1. The molecule has 2 unspecified atom stereocenters. The van der Waals surface area contributed by atoms with Crippen molar-refractivity contribution in [2.75, 3.05) is 6.54 Å². The van der Waals surface area contributed by atoms with Crippen molar-refractivity contribution in [1.29, 1.82) is 0 Å². The number of hydrogen-bond donors (Lipinski definition) is 2. The molecule has 1 aliphatic rings. The zero-order chi connectivity index (χ0) is 13.7. The van der Waals surface area contributed by atoms with Crippen molar-refractivity contribution in [2.45, 2.75) is 45.1 Å². The number of benzene rings is 1. The van der Waals surface area contributed by atoms with Crippen molar-refractivity contribution in [3.63, 3.8) is 0 Å². The van der Waals surface area contributed by atoms with E-state index in [9.17, 15) is 4.79 Å². The van der Waals surface area contributed by atoms with Gasteiger partial charge in [0.1, 0.15) is 0 Å². The number of carbonyl (C=O) groups excluding carboxylic acids is 1. The molecule has 0 spiro atoms. The quantitative estimate of drug-likeness (QED) is 0.851. The summed E-state index contributed by atoms with van der Waals surface area (Å²) in [6.07, 6.45) is 4.80. The van der Waals surface area contributed by atoms with Crippen molar-refractivity contribution in [2.24, 2.45) is 11.7 Å². The normalized spacial score (nSPS) is 19.6. The Morgan fingerprint density at radius 3 is 2.89 bits per heavy atom. The average Bonchev–Trinajstić information content (AvgIpc) is 2.44. The van der Waals surface area contributed by atoms with Gasteiger partial charge in [0.25, 0.3) is 0 Å². The highest BCUT2D eigenvalue weighted by Gasteiger charge is 2.24. The van der Waals surface area contributed by atoms with Crippen LogP contribution in [0.15, 0.2) is 24.3 Å². The van der Waals surface area contributed by atoms with Gasteiger partial charge in [-0.3, -0.25) is 4.79 Å².